The third-order valence-electron chi connectivity index (χ3n) is 12.0. The summed E-state index contributed by atoms with van der Waals surface area (Å²) in [6.45, 7) is 0. The highest BCUT2D eigenvalue weighted by atomic mass is 14.7. The minimum Gasteiger partial charge on any atom is -0.256 e. The Morgan fingerprint density at radius 2 is 0.532 bits per heavy atom. The van der Waals surface area contributed by atoms with Crippen molar-refractivity contribution in [3.63, 3.8) is 0 Å². The molecule has 0 spiro atoms. The predicted molar refractivity (Wildman–Crippen MR) is 261 cm³/mol. The lowest BCUT2D eigenvalue weighted by molar-refractivity contribution is 1.33. The van der Waals surface area contributed by atoms with E-state index in [2.05, 4.69) is 216 Å². The second kappa shape index (κ2) is 16.1. The standard InChI is InChI=1S/C60H40N2/c1-3-13-41(14-4-1)50-37-51(42-15-5-2-6-16-42)39-52(38-50)44-23-21-43(22-24-44)49-33-34-55-56(40-49)60(48-31-27-46(28-32-48)58-20-10-12-36-62-58)54-18-8-7-17-53(54)59(55)47-29-25-45(26-30-47)57-19-9-11-35-61-57/h1-40H. The zero-order valence-electron chi connectivity index (χ0n) is 34.0. The molecular formula is C60H40N2. The molecule has 0 radical (unpaired) electrons. The van der Waals surface area contributed by atoms with Gasteiger partial charge in [-0.2, -0.15) is 0 Å². The van der Waals surface area contributed by atoms with Gasteiger partial charge in [0.25, 0.3) is 0 Å². The molecule has 62 heavy (non-hydrogen) atoms. The summed E-state index contributed by atoms with van der Waals surface area (Å²) in [7, 11) is 0. The summed E-state index contributed by atoms with van der Waals surface area (Å²) >= 11 is 0. The topological polar surface area (TPSA) is 25.8 Å². The minimum absolute atomic E-state index is 0.965. The molecule has 0 aliphatic carbocycles. The third kappa shape index (κ3) is 7.04. The van der Waals surface area contributed by atoms with Crippen LogP contribution in [0.4, 0.5) is 0 Å². The first kappa shape index (κ1) is 36.8. The predicted octanol–water partition coefficient (Wildman–Crippen LogP) is 16.1. The Kier molecular flexibility index (Phi) is 9.57. The molecule has 0 aliphatic rings. The summed E-state index contributed by atoms with van der Waals surface area (Å²) in [6.07, 6.45) is 3.70. The summed E-state index contributed by atoms with van der Waals surface area (Å²) in [5, 5.41) is 4.86. The Balaban J connectivity index is 1.06. The van der Waals surface area contributed by atoms with E-state index in [1.807, 2.05) is 36.7 Å². The number of hydrogen-bond acceptors (Lipinski definition) is 2. The fourth-order valence-corrected chi connectivity index (χ4v) is 8.91. The van der Waals surface area contributed by atoms with Crippen LogP contribution in [0.3, 0.4) is 0 Å². The number of hydrogen-bond donors (Lipinski definition) is 0. The van der Waals surface area contributed by atoms with Gasteiger partial charge < -0.3 is 0 Å². The van der Waals surface area contributed by atoms with Gasteiger partial charge in [-0.15, -0.1) is 0 Å². The normalized spacial score (nSPS) is 11.2. The molecule has 2 heteroatoms. The Morgan fingerprint density at radius 1 is 0.194 bits per heavy atom. The van der Waals surface area contributed by atoms with Crippen molar-refractivity contribution in [3.05, 3.63) is 243 Å². The van der Waals surface area contributed by atoms with Crippen molar-refractivity contribution in [3.8, 4) is 89.3 Å². The fourth-order valence-electron chi connectivity index (χ4n) is 8.91. The molecule has 2 nitrogen and oxygen atoms in total. The summed E-state index contributed by atoms with van der Waals surface area (Å²) in [5.41, 5.74) is 18.5. The Bertz CT molecular complexity index is 3270. The average Bonchev–Trinajstić information content (AvgIpc) is 3.36. The van der Waals surface area contributed by atoms with Crippen LogP contribution < -0.4 is 0 Å². The molecule has 11 rings (SSSR count). The molecular weight excluding hydrogens is 749 g/mol. The van der Waals surface area contributed by atoms with Crippen LogP contribution in [0.25, 0.3) is 111 Å². The van der Waals surface area contributed by atoms with E-state index in [4.69, 9.17) is 0 Å². The zero-order valence-corrected chi connectivity index (χ0v) is 34.0. The van der Waals surface area contributed by atoms with Crippen LogP contribution in [0.1, 0.15) is 0 Å². The lowest BCUT2D eigenvalue weighted by Gasteiger charge is -2.19. The second-order valence-electron chi connectivity index (χ2n) is 15.7. The highest BCUT2D eigenvalue weighted by Gasteiger charge is 2.18. The molecule has 0 saturated heterocycles. The molecule has 9 aromatic carbocycles. The zero-order chi connectivity index (χ0) is 41.2. The molecule has 0 amide bonds. The number of rotatable bonds is 8. The van der Waals surface area contributed by atoms with Gasteiger partial charge in [-0.1, -0.05) is 182 Å². The Hall–Kier alpha value is -8.20. The molecule has 0 bridgehead atoms. The largest absolute Gasteiger partial charge is 0.256 e. The molecule has 11 aromatic rings. The third-order valence-corrected chi connectivity index (χ3v) is 12.0. The van der Waals surface area contributed by atoms with E-state index in [0.717, 1.165) is 22.5 Å². The molecule has 2 heterocycles. The maximum atomic E-state index is 4.62. The van der Waals surface area contributed by atoms with Gasteiger partial charge in [0.1, 0.15) is 0 Å². The highest BCUT2D eigenvalue weighted by molar-refractivity contribution is 6.22. The van der Waals surface area contributed by atoms with Crippen LogP contribution in [0.15, 0.2) is 243 Å². The second-order valence-corrected chi connectivity index (χ2v) is 15.7. The number of benzene rings is 9. The highest BCUT2D eigenvalue weighted by Crippen LogP contribution is 2.45. The molecule has 0 unspecified atom stereocenters. The van der Waals surface area contributed by atoms with Crippen molar-refractivity contribution in [1.82, 2.24) is 9.97 Å². The van der Waals surface area contributed by atoms with Crippen LogP contribution >= 0.6 is 0 Å². The van der Waals surface area contributed by atoms with Crippen molar-refractivity contribution in [2.24, 2.45) is 0 Å². The van der Waals surface area contributed by atoms with E-state index >= 15 is 0 Å². The van der Waals surface area contributed by atoms with E-state index in [0.29, 0.717) is 0 Å². The number of fused-ring (bicyclic) bond motifs is 2. The van der Waals surface area contributed by atoms with Crippen molar-refractivity contribution in [2.75, 3.05) is 0 Å². The first-order chi connectivity index (χ1) is 30.7. The molecule has 0 fully saturated rings. The number of nitrogens with zero attached hydrogens (tertiary/aromatic N) is 2. The molecule has 290 valence electrons. The fraction of sp³-hybridized carbons (Fsp3) is 0. The van der Waals surface area contributed by atoms with Crippen molar-refractivity contribution < 1.29 is 0 Å². The van der Waals surface area contributed by atoms with E-state index in [-0.39, 0.29) is 0 Å². The van der Waals surface area contributed by atoms with Crippen LogP contribution in [-0.4, -0.2) is 9.97 Å². The lowest BCUT2D eigenvalue weighted by Crippen LogP contribution is -1.92. The molecule has 0 atom stereocenters. The summed E-state index contributed by atoms with van der Waals surface area (Å²) in [5.74, 6) is 0. The smallest absolute Gasteiger partial charge is 0.0701 e. The average molecular weight is 789 g/mol. The van der Waals surface area contributed by atoms with E-state index in [9.17, 15) is 0 Å². The van der Waals surface area contributed by atoms with Crippen LogP contribution in [-0.2, 0) is 0 Å². The molecule has 0 saturated carbocycles. The maximum absolute atomic E-state index is 4.62. The maximum Gasteiger partial charge on any atom is 0.0701 e. The van der Waals surface area contributed by atoms with Gasteiger partial charge in [0.05, 0.1) is 11.4 Å². The first-order valence-electron chi connectivity index (χ1n) is 21.1. The van der Waals surface area contributed by atoms with Crippen LogP contribution in [0, 0.1) is 0 Å². The molecule has 0 aliphatic heterocycles. The number of pyridine rings is 2. The van der Waals surface area contributed by atoms with Gasteiger partial charge in [-0.25, -0.2) is 0 Å². The van der Waals surface area contributed by atoms with Gasteiger partial charge in [-0.05, 0) is 137 Å². The van der Waals surface area contributed by atoms with Crippen molar-refractivity contribution in [1.29, 1.82) is 0 Å². The monoisotopic (exact) mass is 788 g/mol. The number of aromatic nitrogens is 2. The molecule has 0 N–H and O–H groups in total. The lowest BCUT2D eigenvalue weighted by atomic mass is 9.84. The van der Waals surface area contributed by atoms with Gasteiger partial charge >= 0.3 is 0 Å². The summed E-state index contributed by atoms with van der Waals surface area (Å²) in [6, 6.07) is 83.1. The van der Waals surface area contributed by atoms with Gasteiger partial charge in [0, 0.05) is 23.5 Å². The summed E-state index contributed by atoms with van der Waals surface area (Å²) < 4.78 is 0. The van der Waals surface area contributed by atoms with Crippen molar-refractivity contribution >= 4 is 21.5 Å². The SMILES string of the molecule is c1ccc(-c2cc(-c3ccccc3)cc(-c3ccc(-c4ccc5c(-c6ccc(-c7ccccn7)cc6)c6ccccc6c(-c6ccc(-c7ccccn7)cc6)c5c4)cc3)c2)cc1. The van der Waals surface area contributed by atoms with E-state index < -0.39 is 0 Å². The first-order valence-corrected chi connectivity index (χ1v) is 21.1. The van der Waals surface area contributed by atoms with E-state index in [1.165, 1.54) is 88.3 Å². The molecule has 2 aromatic heterocycles. The van der Waals surface area contributed by atoms with Gasteiger partial charge in [0.15, 0.2) is 0 Å². The van der Waals surface area contributed by atoms with Crippen molar-refractivity contribution in [2.45, 2.75) is 0 Å². The summed E-state index contributed by atoms with van der Waals surface area (Å²) in [4.78, 5) is 9.24. The van der Waals surface area contributed by atoms with Gasteiger partial charge in [-0.3, -0.25) is 9.97 Å². The Labute approximate surface area is 362 Å². The van der Waals surface area contributed by atoms with Crippen LogP contribution in [0.2, 0.25) is 0 Å². The van der Waals surface area contributed by atoms with E-state index in [1.54, 1.807) is 0 Å². The quantitative estimate of drug-likeness (QED) is 0.143. The Morgan fingerprint density at radius 3 is 0.984 bits per heavy atom. The van der Waals surface area contributed by atoms with Gasteiger partial charge in [0.2, 0.25) is 0 Å². The minimum atomic E-state index is 0.965. The van der Waals surface area contributed by atoms with Crippen LogP contribution in [0.5, 0.6) is 0 Å².